The molecule has 0 atom stereocenters. The molecular formula is C18H15Cl2GeP. The molecule has 3 rings (SSSR count). The molecule has 0 fully saturated rings. The summed E-state index contributed by atoms with van der Waals surface area (Å²) in [5, 5.41) is -0.543. The molecule has 0 spiro atoms. The van der Waals surface area contributed by atoms with Gasteiger partial charge in [0.25, 0.3) is 0 Å². The molecule has 0 nitrogen and oxygen atoms in total. The van der Waals surface area contributed by atoms with E-state index in [2.05, 4.69) is 0 Å². The average molecular weight is 406 g/mol. The van der Waals surface area contributed by atoms with Crippen molar-refractivity contribution in [2.45, 2.75) is 0 Å². The van der Waals surface area contributed by atoms with Crippen molar-refractivity contribution in [1.82, 2.24) is 0 Å². The van der Waals surface area contributed by atoms with Gasteiger partial charge in [-0.2, -0.15) is 0 Å². The first-order chi connectivity index (χ1) is 10.1. The normalized spacial score (nSPS) is 12.7. The summed E-state index contributed by atoms with van der Waals surface area (Å²) in [4.78, 5) is 0. The fourth-order valence-corrected chi connectivity index (χ4v) is 7.53. The second kappa shape index (κ2) is 6.76. The van der Waals surface area contributed by atoms with Gasteiger partial charge >= 0.3 is 135 Å². The smallest absolute Gasteiger partial charge is 0 e. The van der Waals surface area contributed by atoms with Crippen LogP contribution in [0.2, 0.25) is 0 Å². The van der Waals surface area contributed by atoms with Crippen LogP contribution in [0, 0.1) is 0 Å². The molecule has 0 saturated carbocycles. The Labute approximate surface area is 152 Å². The molecule has 3 aromatic carbocycles. The van der Waals surface area contributed by atoms with Gasteiger partial charge in [-0.3, -0.25) is 0 Å². The molecule has 0 aliphatic carbocycles. The predicted octanol–water partition coefficient (Wildman–Crippen LogP) is 4.44. The fraction of sp³-hybridized carbons (Fsp3) is 0. The monoisotopic (exact) mass is 406 g/mol. The summed E-state index contributed by atoms with van der Waals surface area (Å²) in [5.41, 5.74) is 0. The van der Waals surface area contributed by atoms with Gasteiger partial charge in [0.2, 0.25) is 0 Å². The molecule has 22 heavy (non-hydrogen) atoms. The van der Waals surface area contributed by atoms with Crippen molar-refractivity contribution in [1.29, 1.82) is 0 Å². The van der Waals surface area contributed by atoms with Gasteiger partial charge in [-0.25, -0.2) is 0 Å². The summed E-state index contributed by atoms with van der Waals surface area (Å²) >= 11 is 14.5. The zero-order valence-electron chi connectivity index (χ0n) is 11.9. The Morgan fingerprint density at radius 1 is 0.455 bits per heavy atom. The van der Waals surface area contributed by atoms with Gasteiger partial charge in [-0.1, -0.05) is 0 Å². The Bertz CT molecular complexity index is 627. The molecule has 0 saturated heterocycles. The van der Waals surface area contributed by atoms with Gasteiger partial charge in [-0.15, -0.1) is 0 Å². The van der Waals surface area contributed by atoms with E-state index in [1.165, 1.54) is 0 Å². The predicted molar refractivity (Wildman–Crippen MR) is 103 cm³/mol. The van der Waals surface area contributed by atoms with Crippen molar-refractivity contribution in [2.24, 2.45) is 0 Å². The zero-order chi connectivity index (χ0) is 14.8. The van der Waals surface area contributed by atoms with Crippen LogP contribution in [-0.2, 0) is 0 Å². The number of hydrogen-bond acceptors (Lipinski definition) is 0. The third kappa shape index (κ3) is 2.86. The summed E-state index contributed by atoms with van der Waals surface area (Å²) in [7, 11) is 0. The first-order valence-corrected chi connectivity index (χ1v) is 10.8. The van der Waals surface area contributed by atoms with Crippen molar-refractivity contribution in [2.75, 3.05) is 0 Å². The summed E-state index contributed by atoms with van der Waals surface area (Å²) < 4.78 is 0. The maximum atomic E-state index is 7.27. The summed E-state index contributed by atoms with van der Waals surface area (Å²) in [6.45, 7) is 0. The van der Waals surface area contributed by atoms with E-state index in [4.69, 9.17) is 22.5 Å². The summed E-state index contributed by atoms with van der Waals surface area (Å²) in [6.07, 6.45) is 0. The molecule has 0 aliphatic rings. The van der Waals surface area contributed by atoms with Gasteiger partial charge in [-0.05, 0) is 0 Å². The molecule has 0 aromatic heterocycles. The zero-order valence-corrected chi connectivity index (χ0v) is 16.4. The second-order valence-corrected chi connectivity index (χ2v) is 12.9. The average Bonchev–Trinajstić information content (AvgIpc) is 2.57. The number of hydrogen-bond donors (Lipinski definition) is 0. The Kier molecular flexibility index (Phi) is 5.40. The first-order valence-electron chi connectivity index (χ1n) is 6.74. The minimum absolute atomic E-state index is 0. The van der Waals surface area contributed by atoms with E-state index in [0.29, 0.717) is 0 Å². The molecule has 0 heterocycles. The Hall–Kier alpha value is -0.787. The van der Waals surface area contributed by atoms with Crippen molar-refractivity contribution in [3.8, 4) is 0 Å². The van der Waals surface area contributed by atoms with Gasteiger partial charge in [0.1, 0.15) is 0 Å². The first kappa shape index (κ1) is 17.6. The maximum Gasteiger partial charge on any atom is 0 e. The molecular weight excluding hydrogens is 391 g/mol. The van der Waals surface area contributed by atoms with E-state index in [1.807, 2.05) is 91.0 Å². The van der Waals surface area contributed by atoms with Crippen LogP contribution in [0.5, 0.6) is 0 Å². The molecule has 0 amide bonds. The number of rotatable bonds is 3. The molecule has 0 unspecified atom stereocenters. The third-order valence-electron chi connectivity index (χ3n) is 3.63. The summed E-state index contributed by atoms with van der Waals surface area (Å²) in [6, 6.07) is 29.9. The maximum absolute atomic E-state index is 7.27. The SMILES string of the molecule is ClP(Cl)(c1ccccc1)(c1ccccc1)c1ccccc1.[Ge]. The van der Waals surface area contributed by atoms with Crippen LogP contribution >= 0.6 is 27.8 Å². The summed E-state index contributed by atoms with van der Waals surface area (Å²) in [5.74, 6) is 0. The van der Waals surface area contributed by atoms with Crippen LogP contribution in [0.15, 0.2) is 91.0 Å². The molecule has 4 heteroatoms. The number of halogens is 2. The van der Waals surface area contributed by atoms with Gasteiger partial charge in [0.15, 0.2) is 0 Å². The van der Waals surface area contributed by atoms with Gasteiger partial charge in [0, 0.05) is 17.6 Å². The fourth-order valence-electron chi connectivity index (χ4n) is 2.52. The third-order valence-corrected chi connectivity index (χ3v) is 10.8. The quantitative estimate of drug-likeness (QED) is 0.446. The van der Waals surface area contributed by atoms with Crippen LogP contribution in [-0.4, -0.2) is 17.6 Å². The topological polar surface area (TPSA) is 0 Å². The number of benzene rings is 3. The molecule has 3 aromatic rings. The van der Waals surface area contributed by atoms with Crippen LogP contribution in [0.1, 0.15) is 0 Å². The van der Waals surface area contributed by atoms with Crippen molar-refractivity contribution < 1.29 is 0 Å². The van der Waals surface area contributed by atoms with E-state index in [-0.39, 0.29) is 17.6 Å². The van der Waals surface area contributed by atoms with Crippen molar-refractivity contribution >= 4 is 61.3 Å². The van der Waals surface area contributed by atoms with E-state index in [0.717, 1.165) is 15.9 Å². The molecule has 0 aliphatic heterocycles. The van der Waals surface area contributed by atoms with E-state index in [9.17, 15) is 0 Å². The van der Waals surface area contributed by atoms with Crippen molar-refractivity contribution in [3.05, 3.63) is 91.0 Å². The van der Waals surface area contributed by atoms with E-state index < -0.39 is 5.31 Å². The molecule has 0 N–H and O–H groups in total. The van der Waals surface area contributed by atoms with Crippen LogP contribution < -0.4 is 15.9 Å². The molecule has 0 bridgehead atoms. The van der Waals surface area contributed by atoms with Gasteiger partial charge < -0.3 is 0 Å². The van der Waals surface area contributed by atoms with Crippen LogP contribution in [0.25, 0.3) is 0 Å². The Morgan fingerprint density at radius 3 is 0.909 bits per heavy atom. The molecule has 110 valence electrons. The molecule has 4 radical (unpaired) electrons. The van der Waals surface area contributed by atoms with E-state index in [1.54, 1.807) is 0 Å². The largest absolute Gasteiger partial charge is 0 e. The Morgan fingerprint density at radius 2 is 0.682 bits per heavy atom. The minimum Gasteiger partial charge on any atom is 0 e. The van der Waals surface area contributed by atoms with Gasteiger partial charge in [0.05, 0.1) is 0 Å². The standard InChI is InChI=1S/C18H15Cl2P.Ge/c19-21(20,16-10-4-1-5-11-16,17-12-6-2-7-13-17)18-14-8-3-9-15-18;/h1-15H;. The van der Waals surface area contributed by atoms with E-state index >= 15 is 0 Å². The van der Waals surface area contributed by atoms with Crippen molar-refractivity contribution in [3.63, 3.8) is 0 Å². The van der Waals surface area contributed by atoms with Crippen LogP contribution in [0.3, 0.4) is 0 Å². The minimum atomic E-state index is -3.43. The second-order valence-electron chi connectivity index (χ2n) is 4.91. The van der Waals surface area contributed by atoms with Crippen LogP contribution in [0.4, 0.5) is 0 Å². The Balaban J connectivity index is 0.00000176.